The Morgan fingerprint density at radius 3 is 2.14 bits per heavy atom. The van der Waals surface area contributed by atoms with Crippen LogP contribution in [0.3, 0.4) is 0 Å². The van der Waals surface area contributed by atoms with E-state index in [4.69, 9.17) is 18.9 Å². The van der Waals surface area contributed by atoms with E-state index in [9.17, 15) is 4.79 Å². The van der Waals surface area contributed by atoms with Crippen LogP contribution < -0.4 is 0 Å². The maximum Gasteiger partial charge on any atom is 0.313 e. The second-order valence-corrected chi connectivity index (χ2v) is 15.8. The highest BCUT2D eigenvalue weighted by molar-refractivity contribution is 5.78. The predicted octanol–water partition coefficient (Wildman–Crippen LogP) is 7.96. The minimum atomic E-state index is -0.601. The third kappa shape index (κ3) is 7.97. The molecule has 2 rings (SSSR count). The van der Waals surface area contributed by atoms with Crippen LogP contribution in [0.4, 0.5) is 0 Å². The number of hydrogen-bond acceptors (Lipinski definition) is 5. The lowest BCUT2D eigenvalue weighted by atomic mass is 9.62. The summed E-state index contributed by atoms with van der Waals surface area (Å²) in [5, 5.41) is 0. The Labute approximate surface area is 228 Å². The first-order valence-electron chi connectivity index (χ1n) is 14.5. The molecule has 216 valence electrons. The zero-order valence-electron chi connectivity index (χ0n) is 26.4. The van der Waals surface area contributed by atoms with Crippen LogP contribution in [0.25, 0.3) is 0 Å². The highest BCUT2D eigenvalue weighted by Gasteiger charge is 2.52. The minimum absolute atomic E-state index is 0.0491. The van der Waals surface area contributed by atoms with E-state index in [0.29, 0.717) is 32.2 Å². The smallest absolute Gasteiger partial charge is 0.313 e. The van der Waals surface area contributed by atoms with E-state index in [1.54, 1.807) is 0 Å². The van der Waals surface area contributed by atoms with Crippen LogP contribution >= 0.6 is 0 Å². The molecule has 5 atom stereocenters. The van der Waals surface area contributed by atoms with E-state index in [-0.39, 0.29) is 39.8 Å². The van der Waals surface area contributed by atoms with Crippen molar-refractivity contribution in [2.75, 3.05) is 19.8 Å². The third-order valence-electron chi connectivity index (χ3n) is 8.86. The van der Waals surface area contributed by atoms with Gasteiger partial charge in [0.05, 0.1) is 25.2 Å². The van der Waals surface area contributed by atoms with Crippen LogP contribution in [0.5, 0.6) is 0 Å². The number of rotatable bonds is 10. The maximum atomic E-state index is 13.6. The van der Waals surface area contributed by atoms with Crippen LogP contribution in [0, 0.1) is 33.0 Å². The molecule has 5 unspecified atom stereocenters. The first-order valence-corrected chi connectivity index (χ1v) is 14.5. The van der Waals surface area contributed by atoms with Crippen LogP contribution in [-0.2, 0) is 23.7 Å². The molecule has 37 heavy (non-hydrogen) atoms. The first kappa shape index (κ1) is 32.1. The molecule has 0 bridgehead atoms. The van der Waals surface area contributed by atoms with Gasteiger partial charge in [0.15, 0.2) is 6.10 Å². The minimum Gasteiger partial charge on any atom is -0.488 e. The molecular formula is C32H58O5. The molecule has 0 saturated carbocycles. The number of carbonyl (C=O) groups excluding carboxylic acids is 1. The Balaban J connectivity index is 2.10. The Morgan fingerprint density at radius 1 is 1.00 bits per heavy atom. The second kappa shape index (κ2) is 11.6. The van der Waals surface area contributed by atoms with Gasteiger partial charge in [-0.05, 0) is 59.8 Å². The Bertz CT molecular complexity index is 793. The largest absolute Gasteiger partial charge is 0.488 e. The summed E-state index contributed by atoms with van der Waals surface area (Å²) in [6.45, 7) is 30.8. The van der Waals surface area contributed by atoms with Crippen LogP contribution in [0.15, 0.2) is 11.8 Å². The van der Waals surface area contributed by atoms with Gasteiger partial charge in [0.25, 0.3) is 0 Å². The fourth-order valence-electron chi connectivity index (χ4n) is 5.74. The van der Waals surface area contributed by atoms with E-state index in [1.807, 2.05) is 6.92 Å². The van der Waals surface area contributed by atoms with Gasteiger partial charge in [0, 0.05) is 6.42 Å². The topological polar surface area (TPSA) is 54.0 Å². The second-order valence-electron chi connectivity index (χ2n) is 15.8. The first-order chi connectivity index (χ1) is 16.7. The molecule has 2 aliphatic heterocycles. The summed E-state index contributed by atoms with van der Waals surface area (Å²) in [6, 6.07) is 0. The van der Waals surface area contributed by atoms with Crippen LogP contribution in [0.2, 0.25) is 0 Å². The zero-order chi connectivity index (χ0) is 28.4. The van der Waals surface area contributed by atoms with Gasteiger partial charge in [-0.25, -0.2) is 0 Å². The van der Waals surface area contributed by atoms with Crippen molar-refractivity contribution in [2.45, 2.75) is 134 Å². The molecule has 0 aliphatic carbocycles. The van der Waals surface area contributed by atoms with Crippen LogP contribution in [-0.4, -0.2) is 44.1 Å². The van der Waals surface area contributed by atoms with E-state index < -0.39 is 11.5 Å². The molecule has 2 saturated heterocycles. The van der Waals surface area contributed by atoms with Gasteiger partial charge >= 0.3 is 5.97 Å². The molecule has 0 aromatic carbocycles. The van der Waals surface area contributed by atoms with Gasteiger partial charge in [-0.2, -0.15) is 0 Å². The molecule has 2 fully saturated rings. The highest BCUT2D eigenvalue weighted by Crippen LogP contribution is 2.47. The summed E-state index contributed by atoms with van der Waals surface area (Å²) in [5.41, 5.74) is -0.391. The Hall–Kier alpha value is -1.07. The van der Waals surface area contributed by atoms with Crippen molar-refractivity contribution in [1.29, 1.82) is 0 Å². The van der Waals surface area contributed by atoms with Crippen molar-refractivity contribution in [3.63, 3.8) is 0 Å². The normalized spacial score (nSPS) is 27.1. The van der Waals surface area contributed by atoms with E-state index in [1.165, 1.54) is 0 Å². The van der Waals surface area contributed by atoms with E-state index in [0.717, 1.165) is 25.0 Å². The molecule has 5 heteroatoms. The molecular weight excluding hydrogens is 464 g/mol. The van der Waals surface area contributed by atoms with Crippen molar-refractivity contribution < 1.29 is 23.7 Å². The molecule has 5 nitrogen and oxygen atoms in total. The summed E-state index contributed by atoms with van der Waals surface area (Å²) in [6.07, 6.45) is 4.68. The number of esters is 1. The molecule has 0 amide bonds. The van der Waals surface area contributed by atoms with Crippen molar-refractivity contribution in [3.8, 4) is 0 Å². The van der Waals surface area contributed by atoms with E-state index >= 15 is 0 Å². The number of ether oxygens (including phenoxy) is 4. The lowest BCUT2D eigenvalue weighted by molar-refractivity contribution is -0.171. The molecule has 2 heterocycles. The molecule has 0 spiro atoms. The standard InChI is InChI=1S/C32H58O5/c1-22(2)19-32(13,30(9,10)11)27(33)37-26-23(36-24-16-18-35-25(24)26)15-14-17-34-21-31(12,29(6,7)8)20-28(3,4)5/h15,22,24-26H,14,16-21H2,1-13H3. The summed E-state index contributed by atoms with van der Waals surface area (Å²) in [4.78, 5) is 13.6. The average Bonchev–Trinajstić information content (AvgIpc) is 3.26. The van der Waals surface area contributed by atoms with Gasteiger partial charge < -0.3 is 18.9 Å². The van der Waals surface area contributed by atoms with Crippen LogP contribution in [0.1, 0.15) is 116 Å². The Kier molecular flexibility index (Phi) is 10.1. The number of hydrogen-bond donors (Lipinski definition) is 0. The molecule has 0 aromatic rings. The average molecular weight is 523 g/mol. The maximum absolute atomic E-state index is 13.6. The highest BCUT2D eigenvalue weighted by atomic mass is 16.6. The van der Waals surface area contributed by atoms with E-state index in [2.05, 4.69) is 89.2 Å². The lowest BCUT2D eigenvalue weighted by Gasteiger charge is -2.45. The summed E-state index contributed by atoms with van der Waals surface area (Å²) < 4.78 is 24.7. The Morgan fingerprint density at radius 2 is 1.62 bits per heavy atom. The fourth-order valence-corrected chi connectivity index (χ4v) is 5.74. The van der Waals surface area contributed by atoms with Crippen molar-refractivity contribution in [2.24, 2.45) is 33.0 Å². The van der Waals surface area contributed by atoms with Crippen molar-refractivity contribution >= 4 is 5.97 Å². The van der Waals surface area contributed by atoms with Gasteiger partial charge in [0.2, 0.25) is 0 Å². The molecule has 2 aliphatic rings. The third-order valence-corrected chi connectivity index (χ3v) is 8.86. The molecule has 0 N–H and O–H groups in total. The molecule has 0 radical (unpaired) electrons. The monoisotopic (exact) mass is 522 g/mol. The number of fused-ring (bicyclic) bond motifs is 1. The van der Waals surface area contributed by atoms with Gasteiger partial charge in [-0.15, -0.1) is 0 Å². The van der Waals surface area contributed by atoms with Gasteiger partial charge in [0.1, 0.15) is 18.0 Å². The van der Waals surface area contributed by atoms with Crippen molar-refractivity contribution in [1.82, 2.24) is 0 Å². The fraction of sp³-hybridized carbons (Fsp3) is 0.906. The lowest BCUT2D eigenvalue weighted by Crippen LogP contribution is -2.45. The quantitative estimate of drug-likeness (QED) is 0.215. The molecule has 0 aromatic heterocycles. The SMILES string of the molecule is CC(C)CC(C)(C(=O)OC1C(=CCCOCC(C)(CC(C)(C)C)C(C)(C)C)OC2CCOC21)C(C)(C)C. The summed E-state index contributed by atoms with van der Waals surface area (Å²) in [5.74, 6) is 0.945. The van der Waals surface area contributed by atoms with Gasteiger partial charge in [-0.3, -0.25) is 4.79 Å². The zero-order valence-corrected chi connectivity index (χ0v) is 26.4. The summed E-state index contributed by atoms with van der Waals surface area (Å²) >= 11 is 0. The predicted molar refractivity (Wildman–Crippen MR) is 151 cm³/mol. The van der Waals surface area contributed by atoms with Crippen molar-refractivity contribution in [3.05, 3.63) is 11.8 Å². The number of carbonyl (C=O) groups is 1. The summed E-state index contributed by atoms with van der Waals surface area (Å²) in [7, 11) is 0. The van der Waals surface area contributed by atoms with Gasteiger partial charge in [-0.1, -0.05) is 83.1 Å².